The van der Waals surface area contributed by atoms with Crippen LogP contribution in [0.1, 0.15) is 18.1 Å². The quantitative estimate of drug-likeness (QED) is 0.856. The molecule has 0 radical (unpaired) electrons. The fourth-order valence-corrected chi connectivity index (χ4v) is 1.89. The van der Waals surface area contributed by atoms with E-state index in [0.29, 0.717) is 11.4 Å². The number of anilines is 1. The number of aliphatic hydroxyl groups excluding tert-OH is 1. The Labute approximate surface area is 112 Å². The highest BCUT2D eigenvalue weighted by Gasteiger charge is 2.06. The smallest absolute Gasteiger partial charge is 0.0806 e. The van der Waals surface area contributed by atoms with E-state index in [1.54, 1.807) is 12.1 Å². The third-order valence-electron chi connectivity index (χ3n) is 2.78. The van der Waals surface area contributed by atoms with Crippen molar-refractivity contribution in [2.24, 2.45) is 0 Å². The van der Waals surface area contributed by atoms with Gasteiger partial charge in [-0.3, -0.25) is 0 Å². The van der Waals surface area contributed by atoms with Crippen LogP contribution in [0.15, 0.2) is 54.6 Å². The second kappa shape index (κ2) is 6.43. The van der Waals surface area contributed by atoms with E-state index in [9.17, 15) is 5.11 Å². The molecule has 0 aliphatic rings. The summed E-state index contributed by atoms with van der Waals surface area (Å²) in [7, 11) is 0. The van der Waals surface area contributed by atoms with Crippen molar-refractivity contribution in [1.29, 1.82) is 0 Å². The van der Waals surface area contributed by atoms with Gasteiger partial charge in [-0.25, -0.2) is 0 Å². The Hall–Kier alpha value is -1.51. The van der Waals surface area contributed by atoms with Crippen LogP contribution in [0.25, 0.3) is 0 Å². The van der Waals surface area contributed by atoms with Crippen LogP contribution in [0.4, 0.5) is 5.69 Å². The maximum absolute atomic E-state index is 10.0. The maximum atomic E-state index is 10.0. The molecule has 0 saturated carbocycles. The lowest BCUT2D eigenvalue weighted by Gasteiger charge is -2.12. The minimum Gasteiger partial charge on any atom is -0.388 e. The fourth-order valence-electron chi connectivity index (χ4n) is 1.76. The summed E-state index contributed by atoms with van der Waals surface area (Å²) in [4.78, 5) is 0. The van der Waals surface area contributed by atoms with Gasteiger partial charge in [0.15, 0.2) is 0 Å². The van der Waals surface area contributed by atoms with Crippen molar-refractivity contribution >= 4 is 17.3 Å². The van der Waals surface area contributed by atoms with E-state index < -0.39 is 6.10 Å². The summed E-state index contributed by atoms with van der Waals surface area (Å²) in [6.07, 6.45) is 0.203. The maximum Gasteiger partial charge on any atom is 0.0806 e. The number of aliphatic hydroxyl groups is 1. The van der Waals surface area contributed by atoms with Gasteiger partial charge in [-0.2, -0.15) is 0 Å². The van der Waals surface area contributed by atoms with Crippen LogP contribution in [-0.4, -0.2) is 11.7 Å². The van der Waals surface area contributed by atoms with Crippen molar-refractivity contribution in [2.75, 3.05) is 11.9 Å². The zero-order chi connectivity index (χ0) is 12.8. The van der Waals surface area contributed by atoms with Crippen LogP contribution < -0.4 is 5.32 Å². The molecule has 2 rings (SSSR count). The second-order valence-corrected chi connectivity index (χ2v) is 4.59. The minimum absolute atomic E-state index is 0.460. The number of hydrogen-bond acceptors (Lipinski definition) is 2. The van der Waals surface area contributed by atoms with Gasteiger partial charge in [0.25, 0.3) is 0 Å². The van der Waals surface area contributed by atoms with E-state index in [0.717, 1.165) is 17.8 Å². The van der Waals surface area contributed by atoms with E-state index in [1.165, 1.54) is 0 Å². The standard InChI is InChI=1S/C15H16ClNO/c16-13-8-6-12(7-9-13)15(18)10-11-17-14-4-2-1-3-5-14/h1-9,15,17-18H,10-11H2/t15-/m0/s1. The molecule has 0 bridgehead atoms. The number of halogens is 1. The highest BCUT2D eigenvalue weighted by Crippen LogP contribution is 2.19. The normalized spacial score (nSPS) is 12.1. The van der Waals surface area contributed by atoms with E-state index in [1.807, 2.05) is 42.5 Å². The highest BCUT2D eigenvalue weighted by molar-refractivity contribution is 6.30. The van der Waals surface area contributed by atoms with Crippen molar-refractivity contribution < 1.29 is 5.11 Å². The molecule has 0 aliphatic heterocycles. The summed E-state index contributed by atoms with van der Waals surface area (Å²) in [6, 6.07) is 17.3. The van der Waals surface area contributed by atoms with Crippen molar-refractivity contribution in [3.8, 4) is 0 Å². The topological polar surface area (TPSA) is 32.3 Å². The van der Waals surface area contributed by atoms with Gasteiger partial charge in [-0.15, -0.1) is 0 Å². The molecule has 0 aromatic heterocycles. The Kier molecular flexibility index (Phi) is 4.62. The first-order chi connectivity index (χ1) is 8.75. The molecule has 0 fully saturated rings. The molecule has 3 heteroatoms. The zero-order valence-electron chi connectivity index (χ0n) is 10.0. The summed E-state index contributed by atoms with van der Waals surface area (Å²) in [5, 5.41) is 14.0. The lowest BCUT2D eigenvalue weighted by atomic mass is 10.1. The summed E-state index contributed by atoms with van der Waals surface area (Å²) < 4.78 is 0. The van der Waals surface area contributed by atoms with Crippen LogP contribution in [0.5, 0.6) is 0 Å². The Balaban J connectivity index is 1.81. The molecule has 1 atom stereocenters. The molecule has 2 aromatic rings. The molecule has 18 heavy (non-hydrogen) atoms. The lowest BCUT2D eigenvalue weighted by Crippen LogP contribution is -2.07. The van der Waals surface area contributed by atoms with Crippen molar-refractivity contribution in [3.05, 3.63) is 65.2 Å². The van der Waals surface area contributed by atoms with Crippen LogP contribution in [0, 0.1) is 0 Å². The predicted molar refractivity (Wildman–Crippen MR) is 76.0 cm³/mol. The van der Waals surface area contributed by atoms with Gasteiger partial charge in [0, 0.05) is 17.3 Å². The Morgan fingerprint density at radius 3 is 2.33 bits per heavy atom. The van der Waals surface area contributed by atoms with Crippen molar-refractivity contribution in [2.45, 2.75) is 12.5 Å². The summed E-state index contributed by atoms with van der Waals surface area (Å²) >= 11 is 5.81. The molecule has 2 aromatic carbocycles. The molecule has 94 valence electrons. The molecule has 0 saturated heterocycles. The van der Waals surface area contributed by atoms with Gasteiger partial charge >= 0.3 is 0 Å². The summed E-state index contributed by atoms with van der Waals surface area (Å²) in [5.74, 6) is 0. The van der Waals surface area contributed by atoms with Crippen LogP contribution in [-0.2, 0) is 0 Å². The van der Waals surface area contributed by atoms with Crippen LogP contribution >= 0.6 is 11.6 Å². The molecular formula is C15H16ClNO. The molecule has 0 spiro atoms. The lowest BCUT2D eigenvalue weighted by molar-refractivity contribution is 0.171. The number of hydrogen-bond donors (Lipinski definition) is 2. The number of para-hydroxylation sites is 1. The van der Waals surface area contributed by atoms with E-state index in [-0.39, 0.29) is 0 Å². The number of rotatable bonds is 5. The fraction of sp³-hybridized carbons (Fsp3) is 0.200. The molecule has 0 heterocycles. The Bertz CT molecular complexity index is 470. The summed E-state index contributed by atoms with van der Waals surface area (Å²) in [5.41, 5.74) is 1.97. The van der Waals surface area contributed by atoms with Gasteiger partial charge in [0.1, 0.15) is 0 Å². The van der Waals surface area contributed by atoms with Crippen molar-refractivity contribution in [1.82, 2.24) is 0 Å². The minimum atomic E-state index is -0.460. The van der Waals surface area contributed by atoms with Crippen molar-refractivity contribution in [3.63, 3.8) is 0 Å². The Morgan fingerprint density at radius 1 is 1.00 bits per heavy atom. The average Bonchev–Trinajstić information content (AvgIpc) is 2.40. The molecule has 0 amide bonds. The van der Waals surface area contributed by atoms with Crippen LogP contribution in [0.2, 0.25) is 5.02 Å². The number of nitrogens with one attached hydrogen (secondary N) is 1. The van der Waals surface area contributed by atoms with Gasteiger partial charge in [0.05, 0.1) is 6.10 Å². The summed E-state index contributed by atoms with van der Waals surface area (Å²) in [6.45, 7) is 0.730. The first-order valence-corrected chi connectivity index (χ1v) is 6.36. The third-order valence-corrected chi connectivity index (χ3v) is 3.03. The van der Waals surface area contributed by atoms with E-state index in [2.05, 4.69) is 5.32 Å². The Morgan fingerprint density at radius 2 is 1.67 bits per heavy atom. The van der Waals surface area contributed by atoms with E-state index in [4.69, 9.17) is 11.6 Å². The average molecular weight is 262 g/mol. The van der Waals surface area contributed by atoms with Gasteiger partial charge in [0.2, 0.25) is 0 Å². The highest BCUT2D eigenvalue weighted by atomic mass is 35.5. The monoisotopic (exact) mass is 261 g/mol. The van der Waals surface area contributed by atoms with Gasteiger partial charge < -0.3 is 10.4 Å². The molecule has 0 aliphatic carbocycles. The largest absolute Gasteiger partial charge is 0.388 e. The van der Waals surface area contributed by atoms with Gasteiger partial charge in [-0.1, -0.05) is 41.9 Å². The second-order valence-electron chi connectivity index (χ2n) is 4.15. The molecule has 0 unspecified atom stereocenters. The molecular weight excluding hydrogens is 246 g/mol. The SMILES string of the molecule is O[C@@H](CCNc1ccccc1)c1ccc(Cl)cc1. The first-order valence-electron chi connectivity index (χ1n) is 5.98. The zero-order valence-corrected chi connectivity index (χ0v) is 10.8. The predicted octanol–water partition coefficient (Wildman–Crippen LogP) is 3.88. The van der Waals surface area contributed by atoms with Gasteiger partial charge in [-0.05, 0) is 36.2 Å². The first kappa shape index (κ1) is 12.9. The number of benzene rings is 2. The van der Waals surface area contributed by atoms with Crippen LogP contribution in [0.3, 0.4) is 0 Å². The van der Waals surface area contributed by atoms with E-state index >= 15 is 0 Å². The third kappa shape index (κ3) is 3.76. The molecule has 2 nitrogen and oxygen atoms in total. The molecule has 2 N–H and O–H groups in total.